The van der Waals surface area contributed by atoms with Crippen molar-refractivity contribution in [2.24, 2.45) is 0 Å². The minimum Gasteiger partial charge on any atom is -0.496 e. The molecule has 0 aliphatic heterocycles. The fourth-order valence-corrected chi connectivity index (χ4v) is 2.87. The number of rotatable bonds is 11. The van der Waals surface area contributed by atoms with Gasteiger partial charge in [-0.25, -0.2) is 0 Å². The number of unbranched alkanes of at least 4 members (excludes halogenated alkanes) is 6. The van der Waals surface area contributed by atoms with Crippen molar-refractivity contribution in [3.63, 3.8) is 0 Å². The standard InChI is InChI=1S/C19H33NO/c1-5-6-7-8-9-10-11-12-18(20-3)17-14-13-16(2)15-19(17)21-4/h13-15,18,20H,5-12H2,1-4H3. The number of methoxy groups -OCH3 is 1. The van der Waals surface area contributed by atoms with Gasteiger partial charge in [-0.05, 0) is 32.0 Å². The van der Waals surface area contributed by atoms with Gasteiger partial charge in [0.25, 0.3) is 0 Å². The van der Waals surface area contributed by atoms with Gasteiger partial charge in [-0.1, -0.05) is 64.0 Å². The predicted molar refractivity (Wildman–Crippen MR) is 92.1 cm³/mol. The van der Waals surface area contributed by atoms with Crippen LogP contribution < -0.4 is 10.1 Å². The van der Waals surface area contributed by atoms with Crippen LogP contribution in [0.5, 0.6) is 5.75 Å². The van der Waals surface area contributed by atoms with E-state index in [1.165, 1.54) is 62.5 Å². The molecule has 0 spiro atoms. The van der Waals surface area contributed by atoms with E-state index < -0.39 is 0 Å². The summed E-state index contributed by atoms with van der Waals surface area (Å²) in [5.41, 5.74) is 2.54. The molecule has 0 saturated carbocycles. The third-order valence-electron chi connectivity index (χ3n) is 4.21. The van der Waals surface area contributed by atoms with E-state index in [1.807, 2.05) is 7.05 Å². The first-order chi connectivity index (χ1) is 10.2. The average Bonchev–Trinajstić information content (AvgIpc) is 2.50. The Balaban J connectivity index is 2.41. The third kappa shape index (κ3) is 6.52. The van der Waals surface area contributed by atoms with Crippen LogP contribution in [0.1, 0.15) is 75.5 Å². The number of hydrogen-bond donors (Lipinski definition) is 1. The van der Waals surface area contributed by atoms with Crippen LogP contribution >= 0.6 is 0 Å². The Labute approximate surface area is 131 Å². The van der Waals surface area contributed by atoms with Gasteiger partial charge >= 0.3 is 0 Å². The molecule has 0 heterocycles. The normalized spacial score (nSPS) is 12.4. The van der Waals surface area contributed by atoms with Crippen molar-refractivity contribution in [3.8, 4) is 5.75 Å². The highest BCUT2D eigenvalue weighted by Crippen LogP contribution is 2.29. The molecule has 0 saturated heterocycles. The zero-order valence-electron chi connectivity index (χ0n) is 14.4. The average molecular weight is 291 g/mol. The molecule has 120 valence electrons. The van der Waals surface area contributed by atoms with Crippen molar-refractivity contribution in [3.05, 3.63) is 29.3 Å². The highest BCUT2D eigenvalue weighted by Gasteiger charge is 2.14. The van der Waals surface area contributed by atoms with Crippen molar-refractivity contribution in [1.29, 1.82) is 0 Å². The first kappa shape index (κ1) is 18.0. The van der Waals surface area contributed by atoms with Crippen LogP contribution in [0.25, 0.3) is 0 Å². The summed E-state index contributed by atoms with van der Waals surface area (Å²) in [5, 5.41) is 3.44. The Morgan fingerprint density at radius 2 is 1.71 bits per heavy atom. The Morgan fingerprint density at radius 1 is 1.05 bits per heavy atom. The highest BCUT2D eigenvalue weighted by atomic mass is 16.5. The van der Waals surface area contributed by atoms with E-state index in [9.17, 15) is 0 Å². The molecule has 0 aliphatic rings. The fraction of sp³-hybridized carbons (Fsp3) is 0.684. The minimum atomic E-state index is 0.399. The summed E-state index contributed by atoms with van der Waals surface area (Å²) < 4.78 is 5.54. The summed E-state index contributed by atoms with van der Waals surface area (Å²) in [6, 6.07) is 6.91. The van der Waals surface area contributed by atoms with Crippen LogP contribution in [0.15, 0.2) is 18.2 Å². The van der Waals surface area contributed by atoms with E-state index in [-0.39, 0.29) is 0 Å². The van der Waals surface area contributed by atoms with Gasteiger partial charge in [0, 0.05) is 11.6 Å². The number of nitrogens with one attached hydrogen (secondary N) is 1. The maximum atomic E-state index is 5.54. The van der Waals surface area contributed by atoms with Crippen LogP contribution in [-0.2, 0) is 0 Å². The lowest BCUT2D eigenvalue weighted by Gasteiger charge is -2.20. The van der Waals surface area contributed by atoms with Crippen LogP contribution in [0.2, 0.25) is 0 Å². The molecule has 2 heteroatoms. The maximum Gasteiger partial charge on any atom is 0.123 e. The smallest absolute Gasteiger partial charge is 0.123 e. The third-order valence-corrected chi connectivity index (χ3v) is 4.21. The molecule has 2 nitrogen and oxygen atoms in total. The largest absolute Gasteiger partial charge is 0.496 e. The zero-order valence-corrected chi connectivity index (χ0v) is 14.4. The molecule has 1 unspecified atom stereocenters. The number of aryl methyl sites for hydroxylation is 1. The monoisotopic (exact) mass is 291 g/mol. The van der Waals surface area contributed by atoms with E-state index in [4.69, 9.17) is 4.74 Å². The molecule has 0 bridgehead atoms. The number of benzene rings is 1. The Hall–Kier alpha value is -1.02. The molecule has 1 atom stereocenters. The summed E-state index contributed by atoms with van der Waals surface area (Å²) in [6.45, 7) is 4.38. The first-order valence-corrected chi connectivity index (χ1v) is 8.54. The van der Waals surface area contributed by atoms with Gasteiger partial charge in [-0.2, -0.15) is 0 Å². The summed E-state index contributed by atoms with van der Waals surface area (Å²) in [6.07, 6.45) is 10.7. The lowest BCUT2D eigenvalue weighted by Crippen LogP contribution is -2.17. The topological polar surface area (TPSA) is 21.3 Å². The summed E-state index contributed by atoms with van der Waals surface area (Å²) >= 11 is 0. The molecule has 1 aromatic rings. The SMILES string of the molecule is CCCCCCCCCC(NC)c1ccc(C)cc1OC. The van der Waals surface area contributed by atoms with Gasteiger partial charge < -0.3 is 10.1 Å². The van der Waals surface area contributed by atoms with E-state index >= 15 is 0 Å². The Bertz CT molecular complexity index is 389. The van der Waals surface area contributed by atoms with Crippen molar-refractivity contribution >= 4 is 0 Å². The molecule has 21 heavy (non-hydrogen) atoms. The zero-order chi connectivity index (χ0) is 15.5. The lowest BCUT2D eigenvalue weighted by atomic mass is 9.98. The Kier molecular flexibility index (Phi) is 9.16. The second-order valence-electron chi connectivity index (χ2n) is 6.00. The van der Waals surface area contributed by atoms with E-state index in [1.54, 1.807) is 7.11 Å². The number of ether oxygens (including phenoxy) is 1. The second kappa shape index (κ2) is 10.7. The molecule has 1 aromatic carbocycles. The Morgan fingerprint density at radius 3 is 2.33 bits per heavy atom. The van der Waals surface area contributed by atoms with Crippen LogP contribution in [0.4, 0.5) is 0 Å². The van der Waals surface area contributed by atoms with Gasteiger partial charge in [0.1, 0.15) is 5.75 Å². The second-order valence-corrected chi connectivity index (χ2v) is 6.00. The highest BCUT2D eigenvalue weighted by molar-refractivity contribution is 5.39. The molecule has 1 rings (SSSR count). The van der Waals surface area contributed by atoms with Crippen LogP contribution in [-0.4, -0.2) is 14.2 Å². The molecule has 0 aromatic heterocycles. The molecule has 0 aliphatic carbocycles. The van der Waals surface area contributed by atoms with Gasteiger partial charge in [0.05, 0.1) is 7.11 Å². The van der Waals surface area contributed by atoms with Crippen LogP contribution in [0.3, 0.4) is 0 Å². The maximum absolute atomic E-state index is 5.54. The van der Waals surface area contributed by atoms with Gasteiger partial charge in [-0.15, -0.1) is 0 Å². The molecular weight excluding hydrogens is 258 g/mol. The van der Waals surface area contributed by atoms with E-state index in [0.29, 0.717) is 6.04 Å². The summed E-state index contributed by atoms with van der Waals surface area (Å²) in [4.78, 5) is 0. The predicted octanol–water partition coefficient (Wildman–Crippen LogP) is 5.40. The van der Waals surface area contributed by atoms with E-state index in [2.05, 4.69) is 37.4 Å². The molecule has 0 amide bonds. The minimum absolute atomic E-state index is 0.399. The molecule has 0 fully saturated rings. The lowest BCUT2D eigenvalue weighted by molar-refractivity contribution is 0.396. The number of hydrogen-bond acceptors (Lipinski definition) is 2. The van der Waals surface area contributed by atoms with E-state index in [0.717, 1.165) is 5.75 Å². The van der Waals surface area contributed by atoms with Crippen molar-refractivity contribution in [2.75, 3.05) is 14.2 Å². The quantitative estimate of drug-likeness (QED) is 0.551. The molecule has 0 radical (unpaired) electrons. The van der Waals surface area contributed by atoms with Crippen molar-refractivity contribution < 1.29 is 4.74 Å². The first-order valence-electron chi connectivity index (χ1n) is 8.54. The van der Waals surface area contributed by atoms with Crippen molar-refractivity contribution in [1.82, 2.24) is 5.32 Å². The van der Waals surface area contributed by atoms with Gasteiger partial charge in [0.15, 0.2) is 0 Å². The van der Waals surface area contributed by atoms with Gasteiger partial charge in [0.2, 0.25) is 0 Å². The summed E-state index contributed by atoms with van der Waals surface area (Å²) in [7, 11) is 3.81. The van der Waals surface area contributed by atoms with Crippen molar-refractivity contribution in [2.45, 2.75) is 71.3 Å². The van der Waals surface area contributed by atoms with Gasteiger partial charge in [-0.3, -0.25) is 0 Å². The molecule has 1 N–H and O–H groups in total. The van der Waals surface area contributed by atoms with Crippen LogP contribution in [0, 0.1) is 6.92 Å². The summed E-state index contributed by atoms with van der Waals surface area (Å²) in [5.74, 6) is 1.01. The molecular formula is C19H33NO. The fourth-order valence-electron chi connectivity index (χ4n) is 2.87.